The van der Waals surface area contributed by atoms with Gasteiger partial charge in [-0.15, -0.1) is 11.3 Å². The number of rotatable bonds is 9. The van der Waals surface area contributed by atoms with Gasteiger partial charge in [0.25, 0.3) is 5.91 Å². The predicted molar refractivity (Wildman–Crippen MR) is 165 cm³/mol. The van der Waals surface area contributed by atoms with Crippen molar-refractivity contribution in [2.45, 2.75) is 33.2 Å². The molecule has 1 fully saturated rings. The minimum Gasteiger partial charge on any atom is -0.399 e. The predicted octanol–water partition coefficient (Wildman–Crippen LogP) is 5.83. The number of piperidine rings is 1. The highest BCUT2D eigenvalue weighted by Crippen LogP contribution is 2.38. The maximum atomic E-state index is 14.1. The van der Waals surface area contributed by atoms with E-state index < -0.39 is 0 Å². The zero-order chi connectivity index (χ0) is 29.1. The molecular formula is C31H38FN7OS. The van der Waals surface area contributed by atoms with Crippen LogP contribution < -0.4 is 16.0 Å². The van der Waals surface area contributed by atoms with Crippen molar-refractivity contribution in [1.29, 1.82) is 0 Å². The molecule has 1 aliphatic heterocycles. The number of carbonyl (C=O) groups excluding carboxylic acids is 1. The zero-order valence-electron chi connectivity index (χ0n) is 24.1. The number of hydrogen-bond donors (Lipinski definition) is 2. The van der Waals surface area contributed by atoms with E-state index in [1.165, 1.54) is 23.8 Å². The number of anilines is 3. The third-order valence-electron chi connectivity index (χ3n) is 7.77. The maximum absolute atomic E-state index is 14.1. The number of carbonyl (C=O) groups is 1. The summed E-state index contributed by atoms with van der Waals surface area (Å²) in [7, 11) is 4.25. The van der Waals surface area contributed by atoms with Gasteiger partial charge in [-0.1, -0.05) is 32.0 Å². The van der Waals surface area contributed by atoms with Crippen molar-refractivity contribution in [3.63, 3.8) is 0 Å². The number of hydrogen-bond acceptors (Lipinski definition) is 7. The lowest BCUT2D eigenvalue weighted by Crippen LogP contribution is -2.45. The molecule has 4 aromatic rings. The summed E-state index contributed by atoms with van der Waals surface area (Å²) in [6, 6.07) is 12.4. The summed E-state index contributed by atoms with van der Waals surface area (Å²) in [5, 5.41) is 9.84. The largest absolute Gasteiger partial charge is 0.399 e. The monoisotopic (exact) mass is 575 g/mol. The topological polar surface area (TPSA) is 92.3 Å². The van der Waals surface area contributed by atoms with E-state index in [1.54, 1.807) is 34.5 Å². The standard InChI is InChI=1S/C31H38FN7OS/c1-31(2,20-37(3)4)23-9-7-13-38(18-23)28-12-11-24(33)14-26(28)35-29(40)27-19-41-30(36-27)22-15-34-39(17-22)16-21-8-5-6-10-25(21)32/h5-6,8,10-12,14-15,17,19,23H,7,9,13,16,18,20,33H2,1-4H3,(H,35,40). The summed E-state index contributed by atoms with van der Waals surface area (Å²) >= 11 is 1.37. The lowest BCUT2D eigenvalue weighted by molar-refractivity contribution is 0.102. The van der Waals surface area contributed by atoms with Crippen LogP contribution in [0.1, 0.15) is 42.7 Å². The molecule has 2 aromatic carbocycles. The van der Waals surface area contributed by atoms with Crippen LogP contribution in [0.25, 0.3) is 10.6 Å². The summed E-state index contributed by atoms with van der Waals surface area (Å²) in [5.41, 5.74) is 10.2. The number of aromatic nitrogens is 3. The lowest BCUT2D eigenvalue weighted by atomic mass is 9.74. The fourth-order valence-electron chi connectivity index (χ4n) is 5.77. The molecule has 10 heteroatoms. The van der Waals surface area contributed by atoms with Gasteiger partial charge in [-0.25, -0.2) is 9.37 Å². The van der Waals surface area contributed by atoms with Crippen LogP contribution in [0.4, 0.5) is 21.5 Å². The first-order valence-electron chi connectivity index (χ1n) is 13.9. The van der Waals surface area contributed by atoms with Gasteiger partial charge in [0.05, 0.1) is 24.1 Å². The van der Waals surface area contributed by atoms with Crippen LogP contribution in [0, 0.1) is 17.2 Å². The third kappa shape index (κ3) is 6.77. The minimum atomic E-state index is -0.292. The molecule has 0 saturated carbocycles. The van der Waals surface area contributed by atoms with E-state index >= 15 is 0 Å². The Morgan fingerprint density at radius 1 is 1.24 bits per heavy atom. The molecule has 0 aliphatic carbocycles. The number of halogens is 1. The molecule has 8 nitrogen and oxygen atoms in total. The molecule has 0 bridgehead atoms. The molecule has 1 aliphatic rings. The molecule has 1 unspecified atom stereocenters. The second-order valence-electron chi connectivity index (χ2n) is 11.8. The van der Waals surface area contributed by atoms with Crippen LogP contribution in [0.15, 0.2) is 60.2 Å². The van der Waals surface area contributed by atoms with Gasteiger partial charge < -0.3 is 20.9 Å². The maximum Gasteiger partial charge on any atom is 0.275 e. The Kier molecular flexibility index (Phi) is 8.42. The summed E-state index contributed by atoms with van der Waals surface area (Å²) in [6.45, 7) is 7.87. The van der Waals surface area contributed by atoms with Crippen LogP contribution in [0.2, 0.25) is 0 Å². The summed E-state index contributed by atoms with van der Waals surface area (Å²) in [4.78, 5) is 22.5. The first-order chi connectivity index (χ1) is 19.6. The van der Waals surface area contributed by atoms with Crippen LogP contribution in [-0.4, -0.2) is 59.3 Å². The normalized spacial score (nSPS) is 15.9. The molecule has 0 spiro atoms. The van der Waals surface area contributed by atoms with E-state index in [0.29, 0.717) is 40.1 Å². The first kappa shape index (κ1) is 28.8. The second-order valence-corrected chi connectivity index (χ2v) is 12.7. The minimum absolute atomic E-state index is 0.166. The zero-order valence-corrected chi connectivity index (χ0v) is 24.9. The van der Waals surface area contributed by atoms with Gasteiger partial charge in [0, 0.05) is 48.0 Å². The van der Waals surface area contributed by atoms with Crippen molar-refractivity contribution in [3.8, 4) is 10.6 Å². The Hall–Kier alpha value is -3.76. The number of nitrogens with zero attached hydrogens (tertiary/aromatic N) is 5. The van der Waals surface area contributed by atoms with Crippen molar-refractivity contribution in [1.82, 2.24) is 19.7 Å². The molecule has 1 amide bonds. The van der Waals surface area contributed by atoms with Gasteiger partial charge in [-0.2, -0.15) is 5.10 Å². The Labute approximate surface area is 245 Å². The van der Waals surface area contributed by atoms with Crippen LogP contribution in [0.5, 0.6) is 0 Å². The van der Waals surface area contributed by atoms with Crippen molar-refractivity contribution in [3.05, 3.63) is 77.3 Å². The van der Waals surface area contributed by atoms with Gasteiger partial charge in [-0.05, 0) is 62.5 Å². The number of nitrogen functional groups attached to an aromatic ring is 1. The molecule has 2 aromatic heterocycles. The Bertz CT molecular complexity index is 1510. The number of benzene rings is 2. The second kappa shape index (κ2) is 12.0. The number of amides is 1. The molecular weight excluding hydrogens is 537 g/mol. The van der Waals surface area contributed by atoms with Crippen molar-refractivity contribution in [2.75, 3.05) is 49.7 Å². The first-order valence-corrected chi connectivity index (χ1v) is 14.8. The molecule has 1 saturated heterocycles. The van der Waals surface area contributed by atoms with E-state index in [4.69, 9.17) is 5.73 Å². The average molecular weight is 576 g/mol. The van der Waals surface area contributed by atoms with Crippen molar-refractivity contribution >= 4 is 34.3 Å². The van der Waals surface area contributed by atoms with Crippen molar-refractivity contribution in [2.24, 2.45) is 11.3 Å². The SMILES string of the molecule is CN(C)CC(C)(C)C1CCCN(c2ccc(N)cc2NC(=O)c2csc(-c3cnn(Cc4ccccc4F)c3)n2)C1. The average Bonchev–Trinajstić information content (AvgIpc) is 3.60. The van der Waals surface area contributed by atoms with Crippen molar-refractivity contribution < 1.29 is 9.18 Å². The van der Waals surface area contributed by atoms with Crippen LogP contribution in [-0.2, 0) is 6.54 Å². The third-order valence-corrected chi connectivity index (χ3v) is 8.66. The molecule has 41 heavy (non-hydrogen) atoms. The van der Waals surface area contributed by atoms with E-state index in [9.17, 15) is 9.18 Å². The van der Waals surface area contributed by atoms with E-state index in [0.717, 1.165) is 37.3 Å². The van der Waals surface area contributed by atoms with Crippen LogP contribution >= 0.6 is 11.3 Å². The number of nitrogens with one attached hydrogen (secondary N) is 1. The number of nitrogens with two attached hydrogens (primary N) is 1. The summed E-state index contributed by atoms with van der Waals surface area (Å²) in [5.74, 6) is -0.0317. The highest BCUT2D eigenvalue weighted by atomic mass is 32.1. The fraction of sp³-hybridized carbons (Fsp3) is 0.387. The summed E-state index contributed by atoms with van der Waals surface area (Å²) in [6.07, 6.45) is 5.78. The van der Waals surface area contributed by atoms with Gasteiger partial charge in [0.15, 0.2) is 0 Å². The van der Waals surface area contributed by atoms with E-state index in [-0.39, 0.29) is 17.1 Å². The summed E-state index contributed by atoms with van der Waals surface area (Å²) < 4.78 is 15.7. The highest BCUT2D eigenvalue weighted by Gasteiger charge is 2.34. The Morgan fingerprint density at radius 2 is 2.05 bits per heavy atom. The van der Waals surface area contributed by atoms with Gasteiger partial charge in [-0.3, -0.25) is 9.48 Å². The molecule has 5 rings (SSSR count). The quantitative estimate of drug-likeness (QED) is 0.244. The molecule has 3 heterocycles. The molecule has 1 atom stereocenters. The van der Waals surface area contributed by atoms with Gasteiger partial charge in [0.1, 0.15) is 16.5 Å². The Balaban J connectivity index is 1.30. The smallest absolute Gasteiger partial charge is 0.275 e. The fourth-order valence-corrected chi connectivity index (χ4v) is 6.54. The van der Waals surface area contributed by atoms with Gasteiger partial charge in [0.2, 0.25) is 0 Å². The highest BCUT2D eigenvalue weighted by molar-refractivity contribution is 7.13. The lowest BCUT2D eigenvalue weighted by Gasteiger charge is -2.44. The molecule has 3 N–H and O–H groups in total. The molecule has 0 radical (unpaired) electrons. The van der Waals surface area contributed by atoms with E-state index in [1.807, 2.05) is 24.4 Å². The van der Waals surface area contributed by atoms with Gasteiger partial charge >= 0.3 is 0 Å². The number of thiazole rings is 1. The Morgan fingerprint density at radius 3 is 2.83 bits per heavy atom. The molecule has 216 valence electrons. The van der Waals surface area contributed by atoms with E-state index in [2.05, 4.69) is 53.1 Å². The van der Waals surface area contributed by atoms with Crippen LogP contribution in [0.3, 0.4) is 0 Å².